The smallest absolute Gasteiger partial charge is 0.348 e. The second-order valence-electron chi connectivity index (χ2n) is 10.6. The first-order valence-electron chi connectivity index (χ1n) is 14.4. The maximum atomic E-state index is 13.7. The van der Waals surface area contributed by atoms with Gasteiger partial charge in [-0.05, 0) is 110 Å². The van der Waals surface area contributed by atoms with Gasteiger partial charge >= 0.3 is 17.9 Å². The van der Waals surface area contributed by atoms with Gasteiger partial charge < -0.3 is 18.9 Å². The summed E-state index contributed by atoms with van der Waals surface area (Å²) in [5.41, 5.74) is 2.77. The standard InChI is InChI=1S/C36H35FO7/c1-4-33(38)42-24-6-5-23-41-30-17-11-27(12-18-30)25-7-9-26(10-8-25)28-13-19-31(20-14-28)43-34(39)29-15-21-32(22-16-29)44-35(40)36(2,3)37/h4,7,9,11-22H,1,5-6,8,10,23-24H2,2-3H3. The SMILES string of the molecule is C=CC(=O)OCCCCOc1ccc(C2=CC=C(c3ccc(OC(=O)c4ccc(OC(=O)C(C)(C)F)cc4)cc3)CC2)cc1. The minimum atomic E-state index is -2.12. The Morgan fingerprint density at radius 2 is 1.25 bits per heavy atom. The van der Waals surface area contributed by atoms with Crippen molar-refractivity contribution in [3.63, 3.8) is 0 Å². The number of allylic oxidation sites excluding steroid dienone is 4. The largest absolute Gasteiger partial charge is 0.494 e. The zero-order chi connectivity index (χ0) is 31.5. The lowest BCUT2D eigenvalue weighted by Crippen LogP contribution is -2.30. The van der Waals surface area contributed by atoms with Gasteiger partial charge in [-0.15, -0.1) is 0 Å². The molecule has 0 amide bonds. The van der Waals surface area contributed by atoms with Gasteiger partial charge in [0, 0.05) is 6.08 Å². The van der Waals surface area contributed by atoms with Crippen molar-refractivity contribution in [2.75, 3.05) is 13.2 Å². The second kappa shape index (κ2) is 15.0. The lowest BCUT2D eigenvalue weighted by Gasteiger charge is -2.16. The molecule has 0 aliphatic heterocycles. The van der Waals surface area contributed by atoms with Crippen LogP contribution in [0.3, 0.4) is 0 Å². The predicted molar refractivity (Wildman–Crippen MR) is 166 cm³/mol. The quantitative estimate of drug-likeness (QED) is 0.0862. The molecule has 0 fully saturated rings. The van der Waals surface area contributed by atoms with Gasteiger partial charge in [0.2, 0.25) is 5.67 Å². The number of benzene rings is 3. The number of ether oxygens (including phenoxy) is 4. The molecule has 0 atom stereocenters. The molecule has 3 aromatic rings. The van der Waals surface area contributed by atoms with E-state index in [-0.39, 0.29) is 11.3 Å². The molecule has 1 aliphatic rings. The van der Waals surface area contributed by atoms with Crippen molar-refractivity contribution in [3.8, 4) is 17.2 Å². The Kier molecular flexibility index (Phi) is 10.9. The molecule has 0 unspecified atom stereocenters. The van der Waals surface area contributed by atoms with Crippen molar-refractivity contribution in [3.05, 3.63) is 114 Å². The Morgan fingerprint density at radius 1 is 0.750 bits per heavy atom. The van der Waals surface area contributed by atoms with Crippen molar-refractivity contribution in [2.24, 2.45) is 0 Å². The molecule has 0 saturated heterocycles. The highest BCUT2D eigenvalue weighted by molar-refractivity contribution is 5.91. The lowest BCUT2D eigenvalue weighted by molar-refractivity contribution is -0.145. The van der Waals surface area contributed by atoms with Crippen LogP contribution in [0.4, 0.5) is 4.39 Å². The highest BCUT2D eigenvalue weighted by Gasteiger charge is 2.29. The van der Waals surface area contributed by atoms with Crippen LogP contribution in [0.5, 0.6) is 17.2 Å². The summed E-state index contributed by atoms with van der Waals surface area (Å²) in [6.07, 6.45) is 8.67. The Hall–Kier alpha value is -4.98. The molecule has 0 saturated carbocycles. The highest BCUT2D eigenvalue weighted by Crippen LogP contribution is 2.33. The summed E-state index contributed by atoms with van der Waals surface area (Å²) in [6, 6.07) is 21.1. The van der Waals surface area contributed by atoms with Gasteiger partial charge in [0.1, 0.15) is 17.2 Å². The molecule has 0 spiro atoms. The Labute approximate surface area is 256 Å². The zero-order valence-electron chi connectivity index (χ0n) is 24.8. The first-order valence-corrected chi connectivity index (χ1v) is 14.4. The minimum absolute atomic E-state index is 0.139. The summed E-state index contributed by atoms with van der Waals surface area (Å²) >= 11 is 0. The average Bonchev–Trinajstić information content (AvgIpc) is 3.03. The Bertz CT molecular complexity index is 1530. The topological polar surface area (TPSA) is 88.1 Å². The summed E-state index contributed by atoms with van der Waals surface area (Å²) in [5, 5.41) is 0. The summed E-state index contributed by atoms with van der Waals surface area (Å²) < 4.78 is 34.9. The third-order valence-electron chi connectivity index (χ3n) is 6.81. The highest BCUT2D eigenvalue weighted by atomic mass is 19.1. The molecule has 0 radical (unpaired) electrons. The number of unbranched alkanes of at least 4 members (excludes halogenated alkanes) is 1. The first-order chi connectivity index (χ1) is 21.1. The van der Waals surface area contributed by atoms with Crippen LogP contribution in [0.25, 0.3) is 11.1 Å². The fourth-order valence-electron chi connectivity index (χ4n) is 4.30. The van der Waals surface area contributed by atoms with Gasteiger partial charge in [-0.3, -0.25) is 0 Å². The predicted octanol–water partition coefficient (Wildman–Crippen LogP) is 7.71. The van der Waals surface area contributed by atoms with Gasteiger partial charge in [0.15, 0.2) is 0 Å². The van der Waals surface area contributed by atoms with Crippen LogP contribution in [0.2, 0.25) is 0 Å². The van der Waals surface area contributed by atoms with E-state index >= 15 is 0 Å². The van der Waals surface area contributed by atoms with E-state index in [4.69, 9.17) is 18.9 Å². The van der Waals surface area contributed by atoms with Crippen LogP contribution < -0.4 is 14.2 Å². The maximum absolute atomic E-state index is 13.7. The molecule has 44 heavy (non-hydrogen) atoms. The van der Waals surface area contributed by atoms with E-state index in [1.807, 2.05) is 24.3 Å². The Balaban J connectivity index is 1.26. The number of carbonyl (C=O) groups is 3. The zero-order valence-corrected chi connectivity index (χ0v) is 24.8. The molecular weight excluding hydrogens is 563 g/mol. The molecule has 8 heteroatoms. The van der Waals surface area contributed by atoms with Gasteiger partial charge in [0.05, 0.1) is 18.8 Å². The molecule has 3 aromatic carbocycles. The minimum Gasteiger partial charge on any atom is -0.494 e. The molecule has 0 heterocycles. The van der Waals surface area contributed by atoms with Crippen LogP contribution in [0.15, 0.2) is 97.6 Å². The number of hydrogen-bond donors (Lipinski definition) is 0. The summed E-state index contributed by atoms with van der Waals surface area (Å²) in [4.78, 5) is 35.3. The van der Waals surface area contributed by atoms with Crippen LogP contribution in [0, 0.1) is 0 Å². The van der Waals surface area contributed by atoms with Crippen molar-refractivity contribution in [1.29, 1.82) is 0 Å². The van der Waals surface area contributed by atoms with E-state index in [0.29, 0.717) is 19.0 Å². The molecule has 1 aliphatic carbocycles. The molecule has 0 bridgehead atoms. The van der Waals surface area contributed by atoms with Gasteiger partial charge in [-0.1, -0.05) is 43.0 Å². The molecule has 0 N–H and O–H groups in total. The van der Waals surface area contributed by atoms with Crippen molar-refractivity contribution >= 4 is 29.1 Å². The number of hydrogen-bond acceptors (Lipinski definition) is 7. The molecule has 4 rings (SSSR count). The number of rotatable bonds is 13. The first kappa shape index (κ1) is 31.9. The normalized spacial score (nSPS) is 12.8. The van der Waals surface area contributed by atoms with E-state index in [0.717, 1.165) is 62.5 Å². The van der Waals surface area contributed by atoms with E-state index in [9.17, 15) is 18.8 Å². The van der Waals surface area contributed by atoms with E-state index in [1.165, 1.54) is 35.4 Å². The average molecular weight is 599 g/mol. The van der Waals surface area contributed by atoms with E-state index in [1.54, 1.807) is 12.1 Å². The maximum Gasteiger partial charge on any atom is 0.348 e. The number of esters is 3. The summed E-state index contributed by atoms with van der Waals surface area (Å²) in [7, 11) is 0. The molecule has 0 aromatic heterocycles. The van der Waals surface area contributed by atoms with Crippen LogP contribution in [0.1, 0.15) is 61.0 Å². The monoisotopic (exact) mass is 598 g/mol. The fourth-order valence-corrected chi connectivity index (χ4v) is 4.30. The number of alkyl halides is 1. The molecule has 228 valence electrons. The van der Waals surface area contributed by atoms with Gasteiger partial charge in [0.25, 0.3) is 0 Å². The van der Waals surface area contributed by atoms with E-state index < -0.39 is 23.6 Å². The Morgan fingerprint density at radius 3 is 1.77 bits per heavy atom. The van der Waals surface area contributed by atoms with Gasteiger partial charge in [-0.25, -0.2) is 18.8 Å². The fraction of sp³-hybridized carbons (Fsp3) is 0.250. The third-order valence-corrected chi connectivity index (χ3v) is 6.81. The van der Waals surface area contributed by atoms with Crippen LogP contribution >= 0.6 is 0 Å². The summed E-state index contributed by atoms with van der Waals surface area (Å²) in [6.45, 7) is 6.50. The van der Waals surface area contributed by atoms with Crippen molar-refractivity contribution in [1.82, 2.24) is 0 Å². The van der Waals surface area contributed by atoms with Crippen LogP contribution in [-0.2, 0) is 14.3 Å². The second-order valence-corrected chi connectivity index (χ2v) is 10.6. The number of halogens is 1. The molecular formula is C36H35FO7. The lowest BCUT2D eigenvalue weighted by atomic mass is 9.90. The van der Waals surface area contributed by atoms with Gasteiger partial charge in [-0.2, -0.15) is 0 Å². The van der Waals surface area contributed by atoms with Crippen molar-refractivity contribution in [2.45, 2.75) is 45.2 Å². The van der Waals surface area contributed by atoms with Crippen molar-refractivity contribution < 1.29 is 37.7 Å². The summed E-state index contributed by atoms with van der Waals surface area (Å²) in [5.74, 6) is -0.645. The molecule has 7 nitrogen and oxygen atoms in total. The number of carbonyl (C=O) groups excluding carboxylic acids is 3. The van der Waals surface area contributed by atoms with E-state index in [2.05, 4.69) is 30.9 Å². The third kappa shape index (κ3) is 9.26. The van der Waals surface area contributed by atoms with Crippen LogP contribution in [-0.4, -0.2) is 36.8 Å².